The van der Waals surface area contributed by atoms with Crippen molar-refractivity contribution in [1.82, 2.24) is 10.1 Å². The molecule has 4 N–H and O–H groups in total. The fourth-order valence-corrected chi connectivity index (χ4v) is 0.944. The maximum absolute atomic E-state index is 10.6. The third-order valence-corrected chi connectivity index (χ3v) is 1.94. The van der Waals surface area contributed by atoms with Gasteiger partial charge in [-0.25, -0.2) is 0 Å². The molecule has 0 fully saturated rings. The van der Waals surface area contributed by atoms with E-state index in [0.29, 0.717) is 24.8 Å². The molecule has 0 aliphatic rings. The smallest absolute Gasteiger partial charge is 0.290 e. The molecule has 0 aliphatic heterocycles. The van der Waals surface area contributed by atoms with Crippen LogP contribution in [0, 0.1) is 5.92 Å². The standard InChI is InChI=1S/C8H14N4O2/c1-5(4-9)2-3-6-11-8(7(10)13)12-14-6/h5H,2-4,9H2,1H3,(H2,10,13). The number of carbonyl (C=O) groups is 1. The third kappa shape index (κ3) is 2.81. The first kappa shape index (κ1) is 10.6. The van der Waals surface area contributed by atoms with Gasteiger partial charge in [0, 0.05) is 6.42 Å². The van der Waals surface area contributed by atoms with Gasteiger partial charge >= 0.3 is 0 Å². The van der Waals surface area contributed by atoms with Gasteiger partial charge in [0.1, 0.15) is 0 Å². The molecule has 1 amide bonds. The predicted molar refractivity (Wildman–Crippen MR) is 49.4 cm³/mol. The summed E-state index contributed by atoms with van der Waals surface area (Å²) < 4.78 is 4.82. The highest BCUT2D eigenvalue weighted by molar-refractivity contribution is 5.88. The van der Waals surface area contributed by atoms with E-state index >= 15 is 0 Å². The van der Waals surface area contributed by atoms with Crippen LogP contribution in [-0.4, -0.2) is 22.6 Å². The lowest BCUT2D eigenvalue weighted by Crippen LogP contribution is -2.13. The number of nitrogens with zero attached hydrogens (tertiary/aromatic N) is 2. The lowest BCUT2D eigenvalue weighted by Gasteiger charge is -2.03. The Balaban J connectivity index is 2.48. The van der Waals surface area contributed by atoms with E-state index in [9.17, 15) is 4.79 Å². The molecule has 1 aromatic rings. The summed E-state index contributed by atoms with van der Waals surface area (Å²) in [7, 11) is 0. The molecule has 0 bridgehead atoms. The van der Waals surface area contributed by atoms with Crippen LogP contribution in [0.4, 0.5) is 0 Å². The second kappa shape index (κ2) is 4.71. The lowest BCUT2D eigenvalue weighted by molar-refractivity contribution is 0.0987. The summed E-state index contributed by atoms with van der Waals surface area (Å²) in [6, 6.07) is 0. The summed E-state index contributed by atoms with van der Waals surface area (Å²) >= 11 is 0. The normalized spacial score (nSPS) is 12.7. The molecule has 1 aromatic heterocycles. The highest BCUT2D eigenvalue weighted by atomic mass is 16.5. The lowest BCUT2D eigenvalue weighted by atomic mass is 10.1. The van der Waals surface area contributed by atoms with Crippen molar-refractivity contribution in [3.8, 4) is 0 Å². The molecule has 6 heteroatoms. The van der Waals surface area contributed by atoms with Gasteiger partial charge < -0.3 is 16.0 Å². The van der Waals surface area contributed by atoms with Crippen molar-refractivity contribution < 1.29 is 9.32 Å². The highest BCUT2D eigenvalue weighted by Gasteiger charge is 2.11. The van der Waals surface area contributed by atoms with Crippen LogP contribution >= 0.6 is 0 Å². The Morgan fingerprint density at radius 3 is 2.86 bits per heavy atom. The quantitative estimate of drug-likeness (QED) is 0.675. The predicted octanol–water partition coefficient (Wildman–Crippen LogP) is -0.304. The van der Waals surface area contributed by atoms with Gasteiger partial charge in [-0.05, 0) is 18.9 Å². The largest absolute Gasteiger partial charge is 0.363 e. The van der Waals surface area contributed by atoms with E-state index in [1.165, 1.54) is 0 Å². The minimum Gasteiger partial charge on any atom is -0.363 e. The molecule has 0 radical (unpaired) electrons. The Morgan fingerprint density at radius 2 is 2.36 bits per heavy atom. The molecule has 1 rings (SSSR count). The van der Waals surface area contributed by atoms with Crippen molar-refractivity contribution in [2.24, 2.45) is 17.4 Å². The maximum atomic E-state index is 10.6. The maximum Gasteiger partial charge on any atom is 0.290 e. The molecular formula is C8H14N4O2. The summed E-state index contributed by atoms with van der Waals surface area (Å²) in [6.07, 6.45) is 1.48. The second-order valence-electron chi connectivity index (χ2n) is 3.26. The third-order valence-electron chi connectivity index (χ3n) is 1.94. The van der Waals surface area contributed by atoms with E-state index in [0.717, 1.165) is 6.42 Å². The van der Waals surface area contributed by atoms with Crippen molar-refractivity contribution in [1.29, 1.82) is 0 Å². The van der Waals surface area contributed by atoms with E-state index < -0.39 is 5.91 Å². The van der Waals surface area contributed by atoms with Gasteiger partial charge in [0.05, 0.1) is 0 Å². The van der Waals surface area contributed by atoms with E-state index in [4.69, 9.17) is 16.0 Å². The number of hydrogen-bond donors (Lipinski definition) is 2. The molecular weight excluding hydrogens is 184 g/mol. The van der Waals surface area contributed by atoms with Crippen LogP contribution in [0.2, 0.25) is 0 Å². The molecule has 0 aromatic carbocycles. The van der Waals surface area contributed by atoms with Crippen LogP contribution in [-0.2, 0) is 6.42 Å². The van der Waals surface area contributed by atoms with Crippen molar-refractivity contribution in [2.45, 2.75) is 19.8 Å². The summed E-state index contributed by atoms with van der Waals surface area (Å²) in [6.45, 7) is 2.65. The van der Waals surface area contributed by atoms with Crippen LogP contribution in [0.5, 0.6) is 0 Å². The van der Waals surface area contributed by atoms with Crippen molar-refractivity contribution in [3.05, 3.63) is 11.7 Å². The highest BCUT2D eigenvalue weighted by Crippen LogP contribution is 2.06. The van der Waals surface area contributed by atoms with Crippen LogP contribution in [0.3, 0.4) is 0 Å². The first-order valence-corrected chi connectivity index (χ1v) is 4.46. The SMILES string of the molecule is CC(CN)CCc1nc(C(N)=O)no1. The molecule has 0 aliphatic carbocycles. The molecule has 0 saturated heterocycles. The van der Waals surface area contributed by atoms with E-state index in [2.05, 4.69) is 10.1 Å². The van der Waals surface area contributed by atoms with Gasteiger partial charge in [-0.3, -0.25) is 4.79 Å². The first-order chi connectivity index (χ1) is 6.63. The van der Waals surface area contributed by atoms with Gasteiger partial charge in [0.2, 0.25) is 5.89 Å². The fraction of sp³-hybridized carbons (Fsp3) is 0.625. The zero-order chi connectivity index (χ0) is 10.6. The molecule has 0 spiro atoms. The summed E-state index contributed by atoms with van der Waals surface area (Å²) in [5, 5.41) is 3.43. The number of primary amides is 1. The van der Waals surface area contributed by atoms with Crippen LogP contribution in [0.1, 0.15) is 29.9 Å². The zero-order valence-corrected chi connectivity index (χ0v) is 8.06. The topological polar surface area (TPSA) is 108 Å². The number of nitrogens with two attached hydrogens (primary N) is 2. The minimum absolute atomic E-state index is 0.0691. The fourth-order valence-electron chi connectivity index (χ4n) is 0.944. The van der Waals surface area contributed by atoms with E-state index in [1.807, 2.05) is 6.92 Å². The van der Waals surface area contributed by atoms with Crippen molar-refractivity contribution in [3.63, 3.8) is 0 Å². The summed E-state index contributed by atoms with van der Waals surface area (Å²) in [5.41, 5.74) is 10.4. The van der Waals surface area contributed by atoms with Crippen molar-refractivity contribution >= 4 is 5.91 Å². The van der Waals surface area contributed by atoms with Gasteiger partial charge in [-0.2, -0.15) is 4.98 Å². The second-order valence-corrected chi connectivity index (χ2v) is 3.26. The molecule has 78 valence electrons. The molecule has 0 saturated carbocycles. The molecule has 1 unspecified atom stereocenters. The number of rotatable bonds is 5. The average Bonchev–Trinajstić information content (AvgIpc) is 2.62. The molecule has 6 nitrogen and oxygen atoms in total. The van der Waals surface area contributed by atoms with E-state index in [1.54, 1.807) is 0 Å². The Labute approximate surface area is 81.6 Å². The Morgan fingerprint density at radius 1 is 1.64 bits per heavy atom. The Kier molecular flexibility index (Phi) is 3.58. The molecule has 1 atom stereocenters. The van der Waals surface area contributed by atoms with Crippen LogP contribution in [0.15, 0.2) is 4.52 Å². The van der Waals surface area contributed by atoms with E-state index in [-0.39, 0.29) is 5.82 Å². The van der Waals surface area contributed by atoms with Gasteiger partial charge in [-0.1, -0.05) is 12.1 Å². The van der Waals surface area contributed by atoms with Crippen molar-refractivity contribution in [2.75, 3.05) is 6.54 Å². The summed E-state index contributed by atoms with van der Waals surface area (Å²) in [4.78, 5) is 14.4. The monoisotopic (exact) mass is 198 g/mol. The minimum atomic E-state index is -0.674. The first-order valence-electron chi connectivity index (χ1n) is 4.46. The van der Waals surface area contributed by atoms with Gasteiger partial charge in [-0.15, -0.1) is 0 Å². The number of aromatic nitrogens is 2. The zero-order valence-electron chi connectivity index (χ0n) is 8.06. The molecule has 14 heavy (non-hydrogen) atoms. The number of amides is 1. The average molecular weight is 198 g/mol. The Hall–Kier alpha value is -1.43. The van der Waals surface area contributed by atoms with Crippen LogP contribution in [0.25, 0.3) is 0 Å². The number of hydrogen-bond acceptors (Lipinski definition) is 5. The summed E-state index contributed by atoms with van der Waals surface area (Å²) in [5.74, 6) is 0.0882. The Bertz CT molecular complexity index is 310. The number of carbonyl (C=O) groups excluding carboxylic acids is 1. The van der Waals surface area contributed by atoms with Gasteiger partial charge in [0.15, 0.2) is 0 Å². The van der Waals surface area contributed by atoms with Gasteiger partial charge in [0.25, 0.3) is 11.7 Å². The number of aryl methyl sites for hydroxylation is 1. The molecule has 1 heterocycles. The van der Waals surface area contributed by atoms with Crippen LogP contribution < -0.4 is 11.5 Å².